The monoisotopic (exact) mass is 328 g/mol. The van der Waals surface area contributed by atoms with Crippen LogP contribution in [0.25, 0.3) is 11.3 Å². The van der Waals surface area contributed by atoms with E-state index in [4.69, 9.17) is 26.6 Å². The number of hydrogen-bond acceptors (Lipinski definition) is 5. The number of amides is 1. The van der Waals surface area contributed by atoms with Gasteiger partial charge >= 0.3 is 0 Å². The van der Waals surface area contributed by atoms with E-state index in [1.54, 1.807) is 24.3 Å². The van der Waals surface area contributed by atoms with Gasteiger partial charge in [0.05, 0.1) is 25.0 Å². The molecule has 7 heteroatoms. The summed E-state index contributed by atoms with van der Waals surface area (Å²) in [6.07, 6.45) is 0.374. The minimum Gasteiger partial charge on any atom is -0.350 e. The Hall–Kier alpha value is -2.83. The maximum atomic E-state index is 12.4. The van der Waals surface area contributed by atoms with Crippen LogP contribution >= 0.6 is 11.6 Å². The standard InChI is InChI=1S/C16H13ClN4O2/c17-13-5-1-4-12(10-13)14-11-15(23-20-14)16(22)21(8-2-6-18)9-3-7-19/h1,4-5,10-11H,2-3,8-9H2. The molecule has 0 bridgehead atoms. The second-order valence-electron chi connectivity index (χ2n) is 4.70. The Kier molecular flexibility index (Phi) is 5.74. The molecule has 0 aliphatic rings. The van der Waals surface area contributed by atoms with Crippen LogP contribution in [0, 0.1) is 22.7 Å². The quantitative estimate of drug-likeness (QED) is 0.811. The summed E-state index contributed by atoms with van der Waals surface area (Å²) in [5.74, 6) is -0.327. The zero-order valence-electron chi connectivity index (χ0n) is 12.2. The molecule has 0 aliphatic carbocycles. The summed E-state index contributed by atoms with van der Waals surface area (Å²) < 4.78 is 5.11. The molecule has 1 amide bonds. The van der Waals surface area contributed by atoms with Gasteiger partial charge in [0, 0.05) is 29.7 Å². The molecule has 23 heavy (non-hydrogen) atoms. The Morgan fingerprint density at radius 3 is 2.52 bits per heavy atom. The molecular formula is C16H13ClN4O2. The number of hydrogen-bond donors (Lipinski definition) is 0. The third-order valence-corrected chi connectivity index (χ3v) is 3.35. The Morgan fingerprint density at radius 1 is 1.22 bits per heavy atom. The van der Waals surface area contributed by atoms with E-state index in [9.17, 15) is 4.79 Å². The molecular weight excluding hydrogens is 316 g/mol. The van der Waals surface area contributed by atoms with E-state index in [1.807, 2.05) is 12.1 Å². The van der Waals surface area contributed by atoms with E-state index < -0.39 is 5.91 Å². The highest BCUT2D eigenvalue weighted by Crippen LogP contribution is 2.23. The van der Waals surface area contributed by atoms with Crippen molar-refractivity contribution in [2.45, 2.75) is 12.8 Å². The second kappa shape index (κ2) is 7.98. The van der Waals surface area contributed by atoms with Gasteiger partial charge in [-0.1, -0.05) is 28.9 Å². The van der Waals surface area contributed by atoms with Gasteiger partial charge in [0.25, 0.3) is 5.91 Å². The zero-order chi connectivity index (χ0) is 16.7. The Bertz CT molecular complexity index is 755. The van der Waals surface area contributed by atoms with Crippen LogP contribution in [0.3, 0.4) is 0 Å². The van der Waals surface area contributed by atoms with Gasteiger partial charge in [-0.3, -0.25) is 4.79 Å². The Labute approximate surface area is 138 Å². The molecule has 1 heterocycles. The lowest BCUT2D eigenvalue weighted by Gasteiger charge is -2.18. The number of halogens is 1. The maximum Gasteiger partial charge on any atom is 0.292 e. The molecule has 0 fully saturated rings. The summed E-state index contributed by atoms with van der Waals surface area (Å²) >= 11 is 5.93. The van der Waals surface area contributed by atoms with Crippen LogP contribution in [0.4, 0.5) is 0 Å². The predicted molar refractivity (Wildman–Crippen MR) is 83.3 cm³/mol. The lowest BCUT2D eigenvalue weighted by molar-refractivity contribution is 0.0720. The fourth-order valence-corrected chi connectivity index (χ4v) is 2.19. The van der Waals surface area contributed by atoms with Gasteiger partial charge in [0.1, 0.15) is 5.69 Å². The molecule has 0 unspecified atom stereocenters. The maximum absolute atomic E-state index is 12.4. The first-order chi connectivity index (χ1) is 11.2. The van der Waals surface area contributed by atoms with Crippen molar-refractivity contribution in [2.24, 2.45) is 0 Å². The van der Waals surface area contributed by atoms with Crippen molar-refractivity contribution in [3.8, 4) is 23.4 Å². The van der Waals surface area contributed by atoms with Gasteiger partial charge in [-0.2, -0.15) is 10.5 Å². The van der Waals surface area contributed by atoms with Gasteiger partial charge in [-0.15, -0.1) is 0 Å². The van der Waals surface area contributed by atoms with E-state index in [-0.39, 0.29) is 31.7 Å². The van der Waals surface area contributed by atoms with Crippen LogP contribution in [0.5, 0.6) is 0 Å². The summed E-state index contributed by atoms with van der Waals surface area (Å²) in [5, 5.41) is 21.8. The van der Waals surface area contributed by atoms with Gasteiger partial charge in [-0.05, 0) is 12.1 Å². The van der Waals surface area contributed by atoms with E-state index >= 15 is 0 Å². The number of rotatable bonds is 6. The number of nitriles is 2. The topological polar surface area (TPSA) is 93.9 Å². The first kappa shape index (κ1) is 16.5. The fraction of sp³-hybridized carbons (Fsp3) is 0.250. The number of benzene rings is 1. The van der Waals surface area contributed by atoms with E-state index in [1.165, 1.54) is 11.0 Å². The minimum atomic E-state index is -0.392. The van der Waals surface area contributed by atoms with Crippen molar-refractivity contribution in [3.63, 3.8) is 0 Å². The van der Waals surface area contributed by atoms with Gasteiger partial charge in [0.15, 0.2) is 0 Å². The molecule has 0 saturated heterocycles. The molecule has 116 valence electrons. The molecule has 0 spiro atoms. The van der Waals surface area contributed by atoms with Crippen LogP contribution in [-0.4, -0.2) is 29.1 Å². The van der Waals surface area contributed by atoms with Crippen LogP contribution < -0.4 is 0 Å². The molecule has 0 aliphatic heterocycles. The average molecular weight is 329 g/mol. The second-order valence-corrected chi connectivity index (χ2v) is 5.13. The number of carbonyl (C=O) groups is 1. The average Bonchev–Trinajstić information content (AvgIpc) is 3.04. The Balaban J connectivity index is 2.18. The van der Waals surface area contributed by atoms with Crippen molar-refractivity contribution in [1.82, 2.24) is 10.1 Å². The summed E-state index contributed by atoms with van der Waals surface area (Å²) in [4.78, 5) is 13.8. The van der Waals surface area contributed by atoms with Crippen molar-refractivity contribution in [2.75, 3.05) is 13.1 Å². The van der Waals surface area contributed by atoms with E-state index in [0.717, 1.165) is 5.56 Å². The molecule has 1 aromatic carbocycles. The molecule has 2 aromatic rings. The third kappa shape index (κ3) is 4.32. The van der Waals surface area contributed by atoms with Gasteiger partial charge in [-0.25, -0.2) is 0 Å². The van der Waals surface area contributed by atoms with Crippen molar-refractivity contribution < 1.29 is 9.32 Å². The number of nitrogens with zero attached hydrogens (tertiary/aromatic N) is 4. The lowest BCUT2D eigenvalue weighted by atomic mass is 10.1. The summed E-state index contributed by atoms with van der Waals surface area (Å²) in [7, 11) is 0. The summed E-state index contributed by atoms with van der Waals surface area (Å²) in [6.45, 7) is 0.481. The predicted octanol–water partition coefficient (Wildman–Crippen LogP) is 3.26. The normalized spacial score (nSPS) is 9.87. The molecule has 0 atom stereocenters. The summed E-state index contributed by atoms with van der Waals surface area (Å²) in [6, 6.07) is 12.5. The molecule has 0 N–H and O–H groups in total. The van der Waals surface area contributed by atoms with Crippen LogP contribution in [0.15, 0.2) is 34.9 Å². The highest BCUT2D eigenvalue weighted by atomic mass is 35.5. The van der Waals surface area contributed by atoms with Crippen molar-refractivity contribution in [3.05, 3.63) is 41.1 Å². The molecule has 1 aromatic heterocycles. The zero-order valence-corrected chi connectivity index (χ0v) is 13.0. The van der Waals surface area contributed by atoms with Crippen LogP contribution in [0.2, 0.25) is 5.02 Å². The van der Waals surface area contributed by atoms with Crippen LogP contribution in [0.1, 0.15) is 23.4 Å². The number of carbonyl (C=O) groups excluding carboxylic acids is 1. The SMILES string of the molecule is N#CCCN(CCC#N)C(=O)c1cc(-c2cccc(Cl)c2)no1. The van der Waals surface area contributed by atoms with Gasteiger partial charge in [0.2, 0.25) is 5.76 Å². The highest BCUT2D eigenvalue weighted by Gasteiger charge is 2.20. The van der Waals surface area contributed by atoms with E-state index in [2.05, 4.69) is 5.16 Å². The smallest absolute Gasteiger partial charge is 0.292 e. The first-order valence-corrected chi connectivity index (χ1v) is 7.29. The third-order valence-electron chi connectivity index (χ3n) is 3.12. The van der Waals surface area contributed by atoms with E-state index in [0.29, 0.717) is 10.7 Å². The molecule has 0 saturated carbocycles. The van der Waals surface area contributed by atoms with Gasteiger partial charge < -0.3 is 9.42 Å². The first-order valence-electron chi connectivity index (χ1n) is 6.91. The molecule has 6 nitrogen and oxygen atoms in total. The largest absolute Gasteiger partial charge is 0.350 e. The van der Waals surface area contributed by atoms with Crippen molar-refractivity contribution >= 4 is 17.5 Å². The molecule has 2 rings (SSSR count). The number of aromatic nitrogens is 1. The fourth-order valence-electron chi connectivity index (χ4n) is 2.00. The summed E-state index contributed by atoms with van der Waals surface area (Å²) in [5.41, 5.74) is 1.23. The Morgan fingerprint density at radius 2 is 1.91 bits per heavy atom. The minimum absolute atomic E-state index is 0.0656. The lowest BCUT2D eigenvalue weighted by Crippen LogP contribution is -2.32. The molecule has 0 radical (unpaired) electrons. The van der Waals surface area contributed by atoms with Crippen LogP contribution in [-0.2, 0) is 0 Å². The van der Waals surface area contributed by atoms with Crippen molar-refractivity contribution in [1.29, 1.82) is 10.5 Å². The highest BCUT2D eigenvalue weighted by molar-refractivity contribution is 6.30.